The summed E-state index contributed by atoms with van der Waals surface area (Å²) in [6.07, 6.45) is 5.67. The summed E-state index contributed by atoms with van der Waals surface area (Å²) in [6.45, 7) is 3.50. The summed E-state index contributed by atoms with van der Waals surface area (Å²) >= 11 is 1.40. The van der Waals surface area contributed by atoms with Gasteiger partial charge >= 0.3 is 11.9 Å². The van der Waals surface area contributed by atoms with Crippen molar-refractivity contribution in [1.29, 1.82) is 0 Å². The fraction of sp³-hybridized carbons (Fsp3) is 0.400. The topological polar surface area (TPSA) is 94.6 Å². The number of pyridine rings is 1. The van der Waals surface area contributed by atoms with E-state index in [4.69, 9.17) is 9.47 Å². The zero-order valence-corrected chi connectivity index (χ0v) is 16.6. The second-order valence-corrected chi connectivity index (χ2v) is 7.51. The molecule has 2 heterocycles. The Morgan fingerprint density at radius 1 is 1.18 bits per heavy atom. The van der Waals surface area contributed by atoms with Crippen LogP contribution in [0.3, 0.4) is 0 Å². The minimum atomic E-state index is -1.02. The van der Waals surface area contributed by atoms with Crippen molar-refractivity contribution in [1.82, 2.24) is 4.98 Å². The van der Waals surface area contributed by atoms with Crippen LogP contribution in [0.2, 0.25) is 0 Å². The molecule has 0 spiro atoms. The molecule has 1 atom stereocenters. The molecule has 0 aromatic carbocycles. The second-order valence-electron chi connectivity index (χ2n) is 6.41. The maximum Gasteiger partial charge on any atom is 0.341 e. The van der Waals surface area contributed by atoms with E-state index in [1.807, 2.05) is 0 Å². The highest BCUT2D eigenvalue weighted by atomic mass is 32.1. The Morgan fingerprint density at radius 2 is 1.89 bits per heavy atom. The number of nitrogens with one attached hydrogen (secondary N) is 1. The quantitative estimate of drug-likeness (QED) is 0.745. The number of fused-ring (bicyclic) bond motifs is 1. The van der Waals surface area contributed by atoms with E-state index in [0.29, 0.717) is 16.1 Å². The van der Waals surface area contributed by atoms with Crippen molar-refractivity contribution in [3.05, 3.63) is 46.1 Å². The summed E-state index contributed by atoms with van der Waals surface area (Å²) in [5, 5.41) is 3.21. The van der Waals surface area contributed by atoms with Crippen LogP contribution in [0, 0.1) is 0 Å². The molecule has 148 valence electrons. The maximum absolute atomic E-state index is 12.6. The van der Waals surface area contributed by atoms with Gasteiger partial charge in [0, 0.05) is 17.3 Å². The molecule has 8 heteroatoms. The van der Waals surface area contributed by atoms with Crippen LogP contribution >= 0.6 is 11.3 Å². The minimum Gasteiger partial charge on any atom is -0.462 e. The highest BCUT2D eigenvalue weighted by Gasteiger charge is 2.28. The molecular formula is C20H22N2O5S. The molecule has 1 unspecified atom stereocenters. The van der Waals surface area contributed by atoms with Gasteiger partial charge in [-0.15, -0.1) is 11.3 Å². The first-order chi connectivity index (χ1) is 13.5. The molecule has 0 aliphatic heterocycles. The van der Waals surface area contributed by atoms with Crippen molar-refractivity contribution >= 4 is 34.2 Å². The normalized spacial score (nSPS) is 13.9. The van der Waals surface area contributed by atoms with E-state index >= 15 is 0 Å². The minimum absolute atomic E-state index is 0.261. The number of rotatable bonds is 6. The third-order valence-corrected chi connectivity index (χ3v) is 5.66. The van der Waals surface area contributed by atoms with E-state index in [9.17, 15) is 14.4 Å². The Labute approximate surface area is 167 Å². The van der Waals surface area contributed by atoms with E-state index in [1.54, 1.807) is 6.92 Å². The third-order valence-electron chi connectivity index (χ3n) is 4.46. The van der Waals surface area contributed by atoms with Gasteiger partial charge in [0.05, 0.1) is 17.7 Å². The van der Waals surface area contributed by atoms with Gasteiger partial charge in [0.15, 0.2) is 6.10 Å². The van der Waals surface area contributed by atoms with Gasteiger partial charge < -0.3 is 14.8 Å². The number of carbonyl (C=O) groups is 3. The molecule has 2 aromatic rings. The summed E-state index contributed by atoms with van der Waals surface area (Å²) < 4.78 is 10.4. The molecule has 1 aliphatic rings. The molecule has 0 saturated carbocycles. The Balaban J connectivity index is 1.75. The van der Waals surface area contributed by atoms with E-state index in [0.717, 1.165) is 36.1 Å². The van der Waals surface area contributed by atoms with E-state index < -0.39 is 23.9 Å². The van der Waals surface area contributed by atoms with Crippen LogP contribution in [0.1, 0.15) is 57.8 Å². The van der Waals surface area contributed by atoms with Crippen LogP contribution in [-0.4, -0.2) is 35.5 Å². The van der Waals surface area contributed by atoms with Gasteiger partial charge in [-0.05, 0) is 57.2 Å². The number of hydrogen-bond donors (Lipinski definition) is 1. The molecule has 0 fully saturated rings. The number of anilines is 1. The molecule has 1 amide bonds. The number of aryl methyl sites for hydroxylation is 1. The van der Waals surface area contributed by atoms with Crippen molar-refractivity contribution < 1.29 is 23.9 Å². The Morgan fingerprint density at radius 3 is 2.61 bits per heavy atom. The average Bonchev–Trinajstić information content (AvgIpc) is 3.06. The van der Waals surface area contributed by atoms with Crippen LogP contribution in [0.5, 0.6) is 0 Å². The summed E-state index contributed by atoms with van der Waals surface area (Å²) in [7, 11) is 0. The van der Waals surface area contributed by atoms with Crippen molar-refractivity contribution in [2.24, 2.45) is 0 Å². The number of ether oxygens (including phenoxy) is 2. The van der Waals surface area contributed by atoms with Gasteiger partial charge in [-0.1, -0.05) is 0 Å². The van der Waals surface area contributed by atoms with Crippen LogP contribution in [0.4, 0.5) is 5.00 Å². The molecule has 28 heavy (non-hydrogen) atoms. The van der Waals surface area contributed by atoms with Gasteiger partial charge in [0.2, 0.25) is 0 Å². The number of thiophene rings is 1. The van der Waals surface area contributed by atoms with Crippen molar-refractivity contribution in [3.63, 3.8) is 0 Å². The van der Waals surface area contributed by atoms with Crippen molar-refractivity contribution in [2.45, 2.75) is 45.6 Å². The lowest BCUT2D eigenvalue weighted by atomic mass is 9.95. The van der Waals surface area contributed by atoms with E-state index in [-0.39, 0.29) is 6.61 Å². The predicted octanol–water partition coefficient (Wildman–Crippen LogP) is 3.38. The molecule has 7 nitrogen and oxygen atoms in total. The fourth-order valence-corrected chi connectivity index (χ4v) is 4.34. The number of hydrogen-bond acceptors (Lipinski definition) is 7. The fourth-order valence-electron chi connectivity index (χ4n) is 3.06. The number of amides is 1. The predicted molar refractivity (Wildman–Crippen MR) is 105 cm³/mol. The van der Waals surface area contributed by atoms with Gasteiger partial charge in [-0.3, -0.25) is 9.78 Å². The molecule has 0 saturated heterocycles. The highest BCUT2D eigenvalue weighted by Crippen LogP contribution is 2.38. The lowest BCUT2D eigenvalue weighted by Crippen LogP contribution is -2.30. The second kappa shape index (κ2) is 8.97. The largest absolute Gasteiger partial charge is 0.462 e. The first-order valence-electron chi connectivity index (χ1n) is 9.24. The maximum atomic E-state index is 12.6. The summed E-state index contributed by atoms with van der Waals surface area (Å²) in [5.41, 5.74) is 1.71. The number of aromatic nitrogens is 1. The smallest absolute Gasteiger partial charge is 0.341 e. The first kappa shape index (κ1) is 20.0. The molecule has 0 bridgehead atoms. The van der Waals surface area contributed by atoms with E-state index in [1.165, 1.54) is 42.8 Å². The molecule has 2 aromatic heterocycles. The Kier molecular flexibility index (Phi) is 6.41. The molecule has 1 aliphatic carbocycles. The lowest BCUT2D eigenvalue weighted by molar-refractivity contribution is -0.123. The number of nitrogens with zero attached hydrogens (tertiary/aromatic N) is 1. The average molecular weight is 402 g/mol. The lowest BCUT2D eigenvalue weighted by Gasteiger charge is -2.14. The molecular weight excluding hydrogens is 380 g/mol. The van der Waals surface area contributed by atoms with Gasteiger partial charge in [0.25, 0.3) is 5.91 Å². The zero-order valence-electron chi connectivity index (χ0n) is 15.8. The van der Waals surface area contributed by atoms with Gasteiger partial charge in [-0.2, -0.15) is 0 Å². The molecule has 3 rings (SSSR count). The van der Waals surface area contributed by atoms with Crippen LogP contribution in [0.25, 0.3) is 0 Å². The third kappa shape index (κ3) is 4.39. The summed E-state index contributed by atoms with van der Waals surface area (Å²) in [5.74, 6) is -1.54. The van der Waals surface area contributed by atoms with Crippen LogP contribution in [0.15, 0.2) is 24.5 Å². The van der Waals surface area contributed by atoms with Crippen LogP contribution < -0.4 is 5.32 Å². The number of carbonyl (C=O) groups excluding carboxylic acids is 3. The zero-order chi connectivity index (χ0) is 20.1. The summed E-state index contributed by atoms with van der Waals surface area (Å²) in [6, 6.07) is 3.03. The monoisotopic (exact) mass is 402 g/mol. The molecule has 0 radical (unpaired) electrons. The van der Waals surface area contributed by atoms with Crippen LogP contribution in [-0.2, 0) is 27.1 Å². The Hall–Kier alpha value is -2.74. The van der Waals surface area contributed by atoms with Crippen molar-refractivity contribution in [3.8, 4) is 0 Å². The first-order valence-corrected chi connectivity index (χ1v) is 10.1. The van der Waals surface area contributed by atoms with Crippen molar-refractivity contribution in [2.75, 3.05) is 11.9 Å². The van der Waals surface area contributed by atoms with Gasteiger partial charge in [-0.25, -0.2) is 9.59 Å². The number of esters is 2. The Bertz CT molecular complexity index is 878. The standard InChI is InChI=1S/C20H22N2O5S/c1-3-26-20(25)16-14-6-4-5-7-15(14)28-18(16)22-17(23)12(2)27-19(24)13-8-10-21-11-9-13/h8-12H,3-7H2,1-2H3,(H,22,23). The van der Waals surface area contributed by atoms with E-state index in [2.05, 4.69) is 10.3 Å². The highest BCUT2D eigenvalue weighted by molar-refractivity contribution is 7.17. The summed E-state index contributed by atoms with van der Waals surface area (Å²) in [4.78, 5) is 42.1. The SMILES string of the molecule is CCOC(=O)c1c(NC(=O)C(C)OC(=O)c2ccncc2)sc2c1CCCC2. The van der Waals surface area contributed by atoms with Gasteiger partial charge in [0.1, 0.15) is 5.00 Å². The molecule has 1 N–H and O–H groups in total.